The smallest absolute Gasteiger partial charge is 0.224 e. The van der Waals surface area contributed by atoms with Gasteiger partial charge in [-0.15, -0.1) is 0 Å². The molecule has 1 amide bonds. The molecule has 1 N–H and O–H groups in total. The zero-order valence-corrected chi connectivity index (χ0v) is 11.9. The van der Waals surface area contributed by atoms with Gasteiger partial charge in [-0.05, 0) is 52.0 Å². The highest BCUT2D eigenvalue weighted by Crippen LogP contribution is 2.10. The van der Waals surface area contributed by atoms with Crippen LogP contribution in [0.3, 0.4) is 0 Å². The number of benzene rings is 1. The molecule has 0 atom stereocenters. The van der Waals surface area contributed by atoms with Crippen molar-refractivity contribution in [3.05, 3.63) is 34.9 Å². The Labute approximate surface area is 110 Å². The van der Waals surface area contributed by atoms with Gasteiger partial charge in [0, 0.05) is 6.54 Å². The summed E-state index contributed by atoms with van der Waals surface area (Å²) in [7, 11) is 4.08. The van der Waals surface area contributed by atoms with Crippen molar-refractivity contribution in [2.75, 3.05) is 27.2 Å². The Bertz CT molecular complexity index is 399. The molecule has 100 valence electrons. The van der Waals surface area contributed by atoms with E-state index in [4.69, 9.17) is 0 Å². The highest BCUT2D eigenvalue weighted by Gasteiger charge is 2.05. The molecule has 0 aliphatic carbocycles. The van der Waals surface area contributed by atoms with E-state index in [1.807, 2.05) is 20.2 Å². The van der Waals surface area contributed by atoms with Crippen LogP contribution in [-0.4, -0.2) is 38.0 Å². The summed E-state index contributed by atoms with van der Waals surface area (Å²) in [6.45, 7) is 5.88. The Morgan fingerprint density at radius 2 is 2.00 bits per heavy atom. The third-order valence-corrected chi connectivity index (χ3v) is 2.95. The molecule has 0 saturated carbocycles. The van der Waals surface area contributed by atoms with Gasteiger partial charge in [-0.3, -0.25) is 4.79 Å². The van der Waals surface area contributed by atoms with E-state index in [1.54, 1.807) is 0 Å². The molecule has 0 aliphatic heterocycles. The number of carbonyl (C=O) groups excluding carboxylic acids is 1. The summed E-state index contributed by atoms with van der Waals surface area (Å²) in [6.07, 6.45) is 1.47. The molecule has 1 aromatic carbocycles. The summed E-state index contributed by atoms with van der Waals surface area (Å²) in [4.78, 5) is 13.9. The first-order valence-corrected chi connectivity index (χ1v) is 6.46. The standard InChI is InChI=1S/C15H24N2O/c1-12-6-7-14(13(2)10-12)11-15(18)16-8-5-9-17(3)4/h6-7,10H,5,8-9,11H2,1-4H3,(H,16,18). The number of nitrogens with zero attached hydrogens (tertiary/aromatic N) is 1. The molecule has 0 saturated heterocycles. The van der Waals surface area contributed by atoms with Crippen LogP contribution in [0.1, 0.15) is 23.1 Å². The second-order valence-electron chi connectivity index (χ2n) is 5.11. The average molecular weight is 248 g/mol. The first-order chi connectivity index (χ1) is 8.49. The molecule has 0 radical (unpaired) electrons. The largest absolute Gasteiger partial charge is 0.356 e. The van der Waals surface area contributed by atoms with Crippen LogP contribution in [0.15, 0.2) is 18.2 Å². The van der Waals surface area contributed by atoms with Gasteiger partial charge in [0.15, 0.2) is 0 Å². The monoisotopic (exact) mass is 248 g/mol. The van der Waals surface area contributed by atoms with E-state index in [9.17, 15) is 4.79 Å². The van der Waals surface area contributed by atoms with E-state index in [0.29, 0.717) is 6.42 Å². The lowest BCUT2D eigenvalue weighted by atomic mass is 10.0. The molecule has 18 heavy (non-hydrogen) atoms. The Morgan fingerprint density at radius 3 is 2.61 bits per heavy atom. The molecule has 3 heteroatoms. The Morgan fingerprint density at radius 1 is 1.28 bits per heavy atom. The first kappa shape index (κ1) is 14.7. The van der Waals surface area contributed by atoms with Gasteiger partial charge in [0.25, 0.3) is 0 Å². The molecule has 0 fully saturated rings. The minimum Gasteiger partial charge on any atom is -0.356 e. The minimum absolute atomic E-state index is 0.112. The van der Waals surface area contributed by atoms with E-state index in [2.05, 4.69) is 36.2 Å². The number of rotatable bonds is 6. The molecule has 1 rings (SSSR count). The number of hydrogen-bond acceptors (Lipinski definition) is 2. The van der Waals surface area contributed by atoms with Crippen molar-refractivity contribution in [2.45, 2.75) is 26.7 Å². The summed E-state index contributed by atoms with van der Waals surface area (Å²) in [5.41, 5.74) is 3.55. The van der Waals surface area contributed by atoms with Gasteiger partial charge >= 0.3 is 0 Å². The Kier molecular flexibility index (Phi) is 5.86. The maximum absolute atomic E-state index is 11.8. The molecule has 0 aromatic heterocycles. The van der Waals surface area contributed by atoms with E-state index >= 15 is 0 Å². The normalized spacial score (nSPS) is 10.7. The summed E-state index contributed by atoms with van der Waals surface area (Å²) in [5.74, 6) is 0.112. The number of amides is 1. The van der Waals surface area contributed by atoms with E-state index in [0.717, 1.165) is 25.1 Å². The fraction of sp³-hybridized carbons (Fsp3) is 0.533. The maximum Gasteiger partial charge on any atom is 0.224 e. The highest BCUT2D eigenvalue weighted by atomic mass is 16.1. The van der Waals surface area contributed by atoms with Crippen LogP contribution in [0, 0.1) is 13.8 Å². The topological polar surface area (TPSA) is 32.3 Å². The zero-order chi connectivity index (χ0) is 13.5. The highest BCUT2D eigenvalue weighted by molar-refractivity contribution is 5.78. The molecule has 0 heterocycles. The van der Waals surface area contributed by atoms with Gasteiger partial charge in [-0.2, -0.15) is 0 Å². The van der Waals surface area contributed by atoms with Crippen molar-refractivity contribution < 1.29 is 4.79 Å². The van der Waals surface area contributed by atoms with E-state index < -0.39 is 0 Å². The van der Waals surface area contributed by atoms with Crippen LogP contribution in [0.25, 0.3) is 0 Å². The number of nitrogens with one attached hydrogen (secondary N) is 1. The summed E-state index contributed by atoms with van der Waals surface area (Å²) >= 11 is 0. The molecule has 1 aromatic rings. The molecule has 0 aliphatic rings. The Balaban J connectivity index is 2.35. The fourth-order valence-electron chi connectivity index (χ4n) is 1.90. The molecular weight excluding hydrogens is 224 g/mol. The van der Waals surface area contributed by atoms with Crippen LogP contribution >= 0.6 is 0 Å². The third-order valence-electron chi connectivity index (χ3n) is 2.95. The number of carbonyl (C=O) groups is 1. The van der Waals surface area contributed by atoms with Crippen LogP contribution in [0.2, 0.25) is 0 Å². The lowest BCUT2D eigenvalue weighted by Gasteiger charge is -2.10. The third kappa shape index (κ3) is 5.32. The van der Waals surface area contributed by atoms with Crippen LogP contribution in [-0.2, 0) is 11.2 Å². The molecule has 0 spiro atoms. The van der Waals surface area contributed by atoms with E-state index in [-0.39, 0.29) is 5.91 Å². The van der Waals surface area contributed by atoms with Crippen molar-refractivity contribution >= 4 is 5.91 Å². The average Bonchev–Trinajstić information content (AvgIpc) is 2.28. The van der Waals surface area contributed by atoms with E-state index in [1.165, 1.54) is 11.1 Å². The molecule has 0 unspecified atom stereocenters. The van der Waals surface area contributed by atoms with Gasteiger partial charge < -0.3 is 10.2 Å². The van der Waals surface area contributed by atoms with Gasteiger partial charge in [0.1, 0.15) is 0 Å². The van der Waals surface area contributed by atoms with Crippen molar-refractivity contribution in [3.8, 4) is 0 Å². The second kappa shape index (κ2) is 7.17. The summed E-state index contributed by atoms with van der Waals surface area (Å²) in [5, 5.41) is 2.96. The van der Waals surface area contributed by atoms with Gasteiger partial charge in [-0.25, -0.2) is 0 Å². The Hall–Kier alpha value is -1.35. The van der Waals surface area contributed by atoms with Gasteiger partial charge in [0.05, 0.1) is 6.42 Å². The molecule has 3 nitrogen and oxygen atoms in total. The quantitative estimate of drug-likeness (QED) is 0.780. The first-order valence-electron chi connectivity index (χ1n) is 6.46. The second-order valence-corrected chi connectivity index (χ2v) is 5.11. The SMILES string of the molecule is Cc1ccc(CC(=O)NCCCN(C)C)c(C)c1. The predicted molar refractivity (Wildman–Crippen MR) is 75.8 cm³/mol. The fourth-order valence-corrected chi connectivity index (χ4v) is 1.90. The van der Waals surface area contributed by atoms with Crippen LogP contribution in [0.5, 0.6) is 0 Å². The zero-order valence-electron chi connectivity index (χ0n) is 11.9. The summed E-state index contributed by atoms with van der Waals surface area (Å²) < 4.78 is 0. The van der Waals surface area contributed by atoms with Gasteiger partial charge in [-0.1, -0.05) is 23.8 Å². The predicted octanol–water partition coefficient (Wildman–Crippen LogP) is 1.91. The van der Waals surface area contributed by atoms with Crippen molar-refractivity contribution in [1.29, 1.82) is 0 Å². The maximum atomic E-state index is 11.8. The number of aryl methyl sites for hydroxylation is 2. The minimum atomic E-state index is 0.112. The van der Waals surface area contributed by atoms with Crippen LogP contribution < -0.4 is 5.32 Å². The molecule has 0 bridgehead atoms. The molecular formula is C15H24N2O. The lowest BCUT2D eigenvalue weighted by molar-refractivity contribution is -0.120. The summed E-state index contributed by atoms with van der Waals surface area (Å²) in [6, 6.07) is 6.22. The van der Waals surface area contributed by atoms with Crippen molar-refractivity contribution in [3.63, 3.8) is 0 Å². The van der Waals surface area contributed by atoms with Crippen molar-refractivity contribution in [1.82, 2.24) is 10.2 Å². The number of hydrogen-bond donors (Lipinski definition) is 1. The lowest BCUT2D eigenvalue weighted by Crippen LogP contribution is -2.28. The van der Waals surface area contributed by atoms with Crippen molar-refractivity contribution in [2.24, 2.45) is 0 Å². The van der Waals surface area contributed by atoms with Crippen LogP contribution in [0.4, 0.5) is 0 Å². The van der Waals surface area contributed by atoms with Gasteiger partial charge in [0.2, 0.25) is 5.91 Å².